The summed E-state index contributed by atoms with van der Waals surface area (Å²) in [6.07, 6.45) is 1.24. The second kappa shape index (κ2) is 7.78. The number of benzene rings is 1. The lowest BCUT2D eigenvalue weighted by atomic mass is 10.2. The summed E-state index contributed by atoms with van der Waals surface area (Å²) < 4.78 is 0. The van der Waals surface area contributed by atoms with Crippen LogP contribution in [0.1, 0.15) is 31.4 Å². The van der Waals surface area contributed by atoms with Crippen molar-refractivity contribution in [1.29, 1.82) is 0 Å². The van der Waals surface area contributed by atoms with Gasteiger partial charge < -0.3 is 5.32 Å². The predicted molar refractivity (Wildman–Crippen MR) is 79.0 cm³/mol. The summed E-state index contributed by atoms with van der Waals surface area (Å²) in [5.74, 6) is 1.96. The quantitative estimate of drug-likeness (QED) is 0.580. The van der Waals surface area contributed by atoms with E-state index in [4.69, 9.17) is 0 Å². The van der Waals surface area contributed by atoms with E-state index in [1.54, 1.807) is 0 Å². The van der Waals surface area contributed by atoms with E-state index in [-0.39, 0.29) is 0 Å². The average molecular weight is 251 g/mol. The molecular weight excluding hydrogens is 226 g/mol. The van der Waals surface area contributed by atoms with Crippen molar-refractivity contribution in [3.05, 3.63) is 29.3 Å². The second-order valence-corrected chi connectivity index (χ2v) is 6.21. The smallest absolute Gasteiger partial charge is 0.0104 e. The van der Waals surface area contributed by atoms with Gasteiger partial charge in [0.1, 0.15) is 0 Å². The van der Waals surface area contributed by atoms with E-state index >= 15 is 0 Å². The molecule has 0 saturated heterocycles. The lowest BCUT2D eigenvalue weighted by Gasteiger charge is -2.08. The number of nitrogens with one attached hydrogen (secondary N) is 1. The first-order chi connectivity index (χ1) is 8.09. The van der Waals surface area contributed by atoms with Crippen LogP contribution in [-0.2, 0) is 0 Å². The zero-order valence-corrected chi connectivity index (χ0v) is 12.4. The minimum Gasteiger partial charge on any atom is -0.316 e. The second-order valence-electron chi connectivity index (χ2n) is 5.07. The Hall–Kier alpha value is -0.470. The first-order valence-corrected chi connectivity index (χ1v) is 7.49. The van der Waals surface area contributed by atoms with Crippen LogP contribution in [0, 0.1) is 19.8 Å². The molecule has 17 heavy (non-hydrogen) atoms. The van der Waals surface area contributed by atoms with Crippen molar-refractivity contribution < 1.29 is 0 Å². The van der Waals surface area contributed by atoms with Crippen molar-refractivity contribution in [2.24, 2.45) is 5.92 Å². The minimum atomic E-state index is 0.752. The molecule has 0 radical (unpaired) electrons. The molecule has 2 heteroatoms. The van der Waals surface area contributed by atoms with Crippen LogP contribution in [-0.4, -0.2) is 18.8 Å². The highest BCUT2D eigenvalue weighted by molar-refractivity contribution is 7.99. The molecule has 0 bridgehead atoms. The van der Waals surface area contributed by atoms with Crippen molar-refractivity contribution in [3.63, 3.8) is 0 Å². The van der Waals surface area contributed by atoms with Gasteiger partial charge >= 0.3 is 0 Å². The molecule has 1 nitrogen and oxygen atoms in total. The molecule has 0 fully saturated rings. The molecule has 0 heterocycles. The maximum absolute atomic E-state index is 3.48. The highest BCUT2D eigenvalue weighted by Gasteiger charge is 1.99. The molecule has 1 aromatic rings. The highest BCUT2D eigenvalue weighted by atomic mass is 32.2. The Balaban J connectivity index is 2.20. The van der Waals surface area contributed by atoms with Crippen LogP contribution in [0.25, 0.3) is 0 Å². The largest absolute Gasteiger partial charge is 0.316 e. The summed E-state index contributed by atoms with van der Waals surface area (Å²) >= 11 is 1.98. The van der Waals surface area contributed by atoms with Gasteiger partial charge in [0, 0.05) is 4.90 Å². The van der Waals surface area contributed by atoms with E-state index in [0.29, 0.717) is 0 Å². The Morgan fingerprint density at radius 1 is 1.24 bits per heavy atom. The van der Waals surface area contributed by atoms with Gasteiger partial charge in [-0.1, -0.05) is 31.5 Å². The Bertz CT molecular complexity index is 334. The van der Waals surface area contributed by atoms with Gasteiger partial charge in [-0.25, -0.2) is 0 Å². The van der Waals surface area contributed by atoms with Crippen LogP contribution in [0.3, 0.4) is 0 Å². The molecule has 0 aliphatic carbocycles. The first-order valence-electron chi connectivity index (χ1n) is 6.50. The summed E-state index contributed by atoms with van der Waals surface area (Å²) in [6, 6.07) is 6.69. The maximum Gasteiger partial charge on any atom is 0.0104 e. The number of hydrogen-bond donors (Lipinski definition) is 1. The average Bonchev–Trinajstić information content (AvgIpc) is 2.27. The Morgan fingerprint density at radius 2 is 2.00 bits per heavy atom. The van der Waals surface area contributed by atoms with E-state index in [1.807, 2.05) is 11.8 Å². The normalized spacial score (nSPS) is 11.1. The zero-order chi connectivity index (χ0) is 12.7. The monoisotopic (exact) mass is 251 g/mol. The van der Waals surface area contributed by atoms with E-state index in [0.717, 1.165) is 19.0 Å². The van der Waals surface area contributed by atoms with Crippen LogP contribution in [0.4, 0.5) is 0 Å². The molecule has 0 atom stereocenters. The molecule has 1 N–H and O–H groups in total. The number of aryl methyl sites for hydroxylation is 2. The molecule has 0 aromatic heterocycles. The molecular formula is C15H25NS. The van der Waals surface area contributed by atoms with E-state index < -0.39 is 0 Å². The van der Waals surface area contributed by atoms with Crippen LogP contribution in [0.5, 0.6) is 0 Å². The van der Waals surface area contributed by atoms with Gasteiger partial charge in [-0.3, -0.25) is 0 Å². The summed E-state index contributed by atoms with van der Waals surface area (Å²) in [5, 5.41) is 3.48. The van der Waals surface area contributed by atoms with Crippen molar-refractivity contribution >= 4 is 11.8 Å². The Kier molecular flexibility index (Phi) is 6.68. The van der Waals surface area contributed by atoms with Gasteiger partial charge in [0.15, 0.2) is 0 Å². The third-order valence-electron chi connectivity index (χ3n) is 2.65. The summed E-state index contributed by atoms with van der Waals surface area (Å²) in [5.41, 5.74) is 2.76. The third kappa shape index (κ3) is 6.13. The van der Waals surface area contributed by atoms with Crippen molar-refractivity contribution in [1.82, 2.24) is 5.32 Å². The molecule has 0 saturated carbocycles. The Morgan fingerprint density at radius 3 is 2.71 bits per heavy atom. The first kappa shape index (κ1) is 14.6. The fourth-order valence-corrected chi connectivity index (χ4v) is 2.71. The standard InChI is InChI=1S/C15H25NS/c1-12(2)11-16-8-5-9-17-15-10-13(3)6-7-14(15)4/h6-7,10,12,16H,5,8-9,11H2,1-4H3. The van der Waals surface area contributed by atoms with Gasteiger partial charge in [-0.2, -0.15) is 0 Å². The van der Waals surface area contributed by atoms with E-state index in [9.17, 15) is 0 Å². The van der Waals surface area contributed by atoms with Gasteiger partial charge in [0.2, 0.25) is 0 Å². The SMILES string of the molecule is Cc1ccc(C)c(SCCCNCC(C)C)c1. The topological polar surface area (TPSA) is 12.0 Å². The van der Waals surface area contributed by atoms with Gasteiger partial charge in [-0.05, 0) is 56.7 Å². The fraction of sp³-hybridized carbons (Fsp3) is 0.600. The molecule has 0 amide bonds. The van der Waals surface area contributed by atoms with E-state index in [2.05, 4.69) is 51.2 Å². The fourth-order valence-electron chi connectivity index (χ4n) is 1.63. The molecule has 1 aromatic carbocycles. The molecule has 0 unspecified atom stereocenters. The summed E-state index contributed by atoms with van der Waals surface area (Å²) in [6.45, 7) is 11.1. The number of thioether (sulfide) groups is 1. The van der Waals surface area contributed by atoms with Gasteiger partial charge in [0.25, 0.3) is 0 Å². The number of rotatable bonds is 7. The van der Waals surface area contributed by atoms with Gasteiger partial charge in [0.05, 0.1) is 0 Å². The maximum atomic E-state index is 3.48. The molecule has 0 aliphatic rings. The molecule has 0 spiro atoms. The van der Waals surface area contributed by atoms with Crippen LogP contribution in [0.2, 0.25) is 0 Å². The van der Waals surface area contributed by atoms with Crippen molar-refractivity contribution in [3.8, 4) is 0 Å². The molecule has 1 rings (SSSR count). The highest BCUT2D eigenvalue weighted by Crippen LogP contribution is 2.23. The molecule has 96 valence electrons. The Labute approximate surface area is 110 Å². The zero-order valence-electron chi connectivity index (χ0n) is 11.5. The summed E-state index contributed by atoms with van der Waals surface area (Å²) in [4.78, 5) is 1.44. The number of hydrogen-bond acceptors (Lipinski definition) is 2. The van der Waals surface area contributed by atoms with Crippen LogP contribution >= 0.6 is 11.8 Å². The third-order valence-corrected chi connectivity index (χ3v) is 3.90. The lowest BCUT2D eigenvalue weighted by molar-refractivity contribution is 0.552. The molecule has 0 aliphatic heterocycles. The van der Waals surface area contributed by atoms with Crippen LogP contribution < -0.4 is 5.32 Å². The van der Waals surface area contributed by atoms with Crippen LogP contribution in [0.15, 0.2) is 23.1 Å². The van der Waals surface area contributed by atoms with Crippen molar-refractivity contribution in [2.75, 3.05) is 18.8 Å². The predicted octanol–water partition coefficient (Wildman–Crippen LogP) is 4.03. The lowest BCUT2D eigenvalue weighted by Crippen LogP contribution is -2.21. The van der Waals surface area contributed by atoms with Gasteiger partial charge in [-0.15, -0.1) is 11.8 Å². The minimum absolute atomic E-state index is 0.752. The van der Waals surface area contributed by atoms with Crippen molar-refractivity contribution in [2.45, 2.75) is 39.0 Å². The van der Waals surface area contributed by atoms with E-state index in [1.165, 1.54) is 28.2 Å². The summed E-state index contributed by atoms with van der Waals surface area (Å²) in [7, 11) is 0.